The molecular weight excluding hydrogens is 741 g/mol. The van der Waals surface area contributed by atoms with Crippen LogP contribution in [0.5, 0.6) is 0 Å². The lowest BCUT2D eigenvalue weighted by molar-refractivity contribution is -0.870. The van der Waals surface area contributed by atoms with Crippen LogP contribution >= 0.6 is 7.82 Å². The lowest BCUT2D eigenvalue weighted by atomic mass is 10.1. The number of nitrogens with zero attached hydrogens (tertiary/aromatic N) is 1. The number of phosphoric acid groups is 1. The first-order chi connectivity index (χ1) is 27.4. The summed E-state index contributed by atoms with van der Waals surface area (Å²) in [6.45, 7) is 3.75. The second kappa shape index (κ2) is 37.2. The second-order valence-electron chi connectivity index (χ2n) is 14.8. The largest absolute Gasteiger partial charge is 0.756 e. The van der Waals surface area contributed by atoms with Gasteiger partial charge in [0.15, 0.2) is 6.10 Å². The van der Waals surface area contributed by atoms with Gasteiger partial charge in [-0.1, -0.05) is 130 Å². The summed E-state index contributed by atoms with van der Waals surface area (Å²) in [7, 11) is 1.07. The predicted molar refractivity (Wildman–Crippen MR) is 232 cm³/mol. The van der Waals surface area contributed by atoms with Crippen molar-refractivity contribution in [2.45, 2.75) is 135 Å². The molecule has 0 aromatic rings. The molecule has 0 aromatic carbocycles. The van der Waals surface area contributed by atoms with Crippen molar-refractivity contribution in [3.8, 4) is 0 Å². The zero-order chi connectivity index (χ0) is 42.3. The monoisotopic (exact) mass is 818 g/mol. The Bertz CT molecular complexity index is 1310. The van der Waals surface area contributed by atoms with Crippen LogP contribution in [0.2, 0.25) is 0 Å². The van der Waals surface area contributed by atoms with Crippen molar-refractivity contribution in [1.82, 2.24) is 0 Å². The number of aliphatic hydroxyl groups excluding tert-OH is 1. The predicted octanol–water partition coefficient (Wildman–Crippen LogP) is 10.1. The van der Waals surface area contributed by atoms with Crippen LogP contribution in [0.1, 0.15) is 123 Å². The molecular formula is C46H76NO9P. The number of esters is 2. The highest BCUT2D eigenvalue weighted by Crippen LogP contribution is 2.38. The number of likely N-dealkylation sites (N-methyl/N-ethyl adjacent to an activating group) is 1. The van der Waals surface area contributed by atoms with Crippen molar-refractivity contribution < 1.29 is 47.2 Å². The number of hydrogen-bond donors (Lipinski definition) is 1. The normalized spacial score (nSPS) is 15.1. The summed E-state index contributed by atoms with van der Waals surface area (Å²) < 4.78 is 33.7. The number of carbonyl (C=O) groups is 2. The first-order valence-electron chi connectivity index (χ1n) is 21.1. The van der Waals surface area contributed by atoms with Crippen LogP contribution in [0.15, 0.2) is 97.2 Å². The van der Waals surface area contributed by atoms with Crippen molar-refractivity contribution in [2.24, 2.45) is 0 Å². The zero-order valence-corrected chi connectivity index (χ0v) is 36.7. The Morgan fingerprint density at radius 3 is 1.82 bits per heavy atom. The summed E-state index contributed by atoms with van der Waals surface area (Å²) >= 11 is 0. The minimum Gasteiger partial charge on any atom is -0.756 e. The number of allylic oxidation sites excluding steroid dienone is 14. The molecule has 0 aliphatic rings. The van der Waals surface area contributed by atoms with Crippen LogP contribution in [0.4, 0.5) is 0 Å². The molecule has 1 N–H and O–H groups in total. The number of carbonyl (C=O) groups excluding carboxylic acids is 2. The van der Waals surface area contributed by atoms with Crippen LogP contribution in [-0.2, 0) is 32.7 Å². The molecule has 11 heteroatoms. The average Bonchev–Trinajstić information content (AvgIpc) is 3.15. The lowest BCUT2D eigenvalue weighted by Gasteiger charge is -2.28. The molecule has 0 saturated carbocycles. The SMILES string of the molecule is CC/C=C\C/C=C\C/C=C\C/C=C\C/C=C\CCCC(=O)OC[C@H](COP(=O)([O-])OCC[N+](C)(C)C)OC(=O)CCCCCCC/C=C/C=C/C(O)C/C=C/CC. The fourth-order valence-corrected chi connectivity index (χ4v) is 5.63. The molecule has 324 valence electrons. The van der Waals surface area contributed by atoms with Crippen LogP contribution in [-0.4, -0.2) is 81.2 Å². The van der Waals surface area contributed by atoms with Gasteiger partial charge in [0, 0.05) is 12.8 Å². The summed E-state index contributed by atoms with van der Waals surface area (Å²) in [6.07, 6.45) is 44.9. The topological polar surface area (TPSA) is 131 Å². The van der Waals surface area contributed by atoms with Crippen molar-refractivity contribution in [3.05, 3.63) is 97.2 Å². The zero-order valence-electron chi connectivity index (χ0n) is 35.8. The Labute approximate surface area is 346 Å². The van der Waals surface area contributed by atoms with E-state index in [0.29, 0.717) is 36.7 Å². The van der Waals surface area contributed by atoms with Gasteiger partial charge in [-0.25, -0.2) is 0 Å². The van der Waals surface area contributed by atoms with Crippen molar-refractivity contribution in [3.63, 3.8) is 0 Å². The molecule has 0 fully saturated rings. The molecule has 0 amide bonds. The highest BCUT2D eigenvalue weighted by atomic mass is 31.2. The maximum atomic E-state index is 12.7. The lowest BCUT2D eigenvalue weighted by Crippen LogP contribution is -2.37. The van der Waals surface area contributed by atoms with Crippen LogP contribution < -0.4 is 4.89 Å². The van der Waals surface area contributed by atoms with Crippen molar-refractivity contribution in [1.29, 1.82) is 0 Å². The highest BCUT2D eigenvalue weighted by Gasteiger charge is 2.21. The van der Waals surface area contributed by atoms with Crippen molar-refractivity contribution in [2.75, 3.05) is 47.5 Å². The van der Waals surface area contributed by atoms with E-state index in [9.17, 15) is 24.2 Å². The molecule has 2 unspecified atom stereocenters. The molecule has 57 heavy (non-hydrogen) atoms. The maximum absolute atomic E-state index is 12.7. The average molecular weight is 818 g/mol. The molecule has 0 heterocycles. The van der Waals surface area contributed by atoms with Gasteiger partial charge in [0.2, 0.25) is 0 Å². The van der Waals surface area contributed by atoms with Crippen molar-refractivity contribution >= 4 is 19.8 Å². The highest BCUT2D eigenvalue weighted by molar-refractivity contribution is 7.45. The van der Waals surface area contributed by atoms with E-state index in [0.717, 1.165) is 70.6 Å². The van der Waals surface area contributed by atoms with Gasteiger partial charge in [-0.3, -0.25) is 14.2 Å². The van der Waals surface area contributed by atoms with Crippen LogP contribution in [0, 0.1) is 0 Å². The van der Waals surface area contributed by atoms with E-state index in [1.54, 1.807) is 6.08 Å². The van der Waals surface area contributed by atoms with E-state index in [1.165, 1.54) is 0 Å². The molecule has 0 spiro atoms. The number of phosphoric ester groups is 1. The van der Waals surface area contributed by atoms with E-state index < -0.39 is 38.6 Å². The Morgan fingerprint density at radius 1 is 0.649 bits per heavy atom. The molecule has 0 rings (SSSR count). The molecule has 3 atom stereocenters. The summed E-state index contributed by atoms with van der Waals surface area (Å²) in [6, 6.07) is 0. The molecule has 0 aliphatic heterocycles. The number of unbranched alkanes of at least 4 members (excludes halogenated alkanes) is 6. The van der Waals surface area contributed by atoms with E-state index >= 15 is 0 Å². The van der Waals surface area contributed by atoms with Gasteiger partial charge in [-0.05, 0) is 77.0 Å². The number of hydrogen-bond acceptors (Lipinski definition) is 9. The summed E-state index contributed by atoms with van der Waals surface area (Å²) in [4.78, 5) is 37.5. The first-order valence-corrected chi connectivity index (χ1v) is 22.5. The number of rotatable bonds is 36. The standard InChI is InChI=1S/C46H76NO9P/c1-6-8-10-11-12-13-14-15-16-17-18-19-20-23-26-29-33-37-45(49)53-41-44(42-55-57(51,52)54-40-39-47(3,4)5)56-46(50)38-34-30-27-24-21-22-25-28-32-36-43(48)35-31-9-7-2/h8-10,12-13,15-16,18-19,23,25-26,28,31-32,36,43-44,48H,6-7,11,14,17,20-22,24,27,29-30,33-35,37-42H2,1-5H3/b10-8-,13-12-,16-15-,19-18-,26-23-,28-25+,31-9+,36-32+/t43?,44-/m1/s1. The van der Waals surface area contributed by atoms with Gasteiger partial charge < -0.3 is 33.0 Å². The minimum atomic E-state index is -4.66. The first kappa shape index (κ1) is 53.9. The summed E-state index contributed by atoms with van der Waals surface area (Å²) in [5.74, 6) is -0.969. The second-order valence-corrected chi connectivity index (χ2v) is 16.2. The van der Waals surface area contributed by atoms with E-state index in [1.807, 2.05) is 51.5 Å². The van der Waals surface area contributed by atoms with Gasteiger partial charge in [-0.2, -0.15) is 0 Å². The van der Waals surface area contributed by atoms with Gasteiger partial charge in [-0.15, -0.1) is 0 Å². The Morgan fingerprint density at radius 2 is 1.19 bits per heavy atom. The van der Waals surface area contributed by atoms with Gasteiger partial charge in [0.25, 0.3) is 7.82 Å². The molecule has 0 saturated heterocycles. The van der Waals surface area contributed by atoms with Gasteiger partial charge in [0.05, 0.1) is 33.9 Å². The molecule has 0 aromatic heterocycles. The summed E-state index contributed by atoms with van der Waals surface area (Å²) in [5.41, 5.74) is 0. The van der Waals surface area contributed by atoms with E-state index in [2.05, 4.69) is 74.6 Å². The number of ether oxygens (including phenoxy) is 2. The van der Waals surface area contributed by atoms with Crippen LogP contribution in [0.25, 0.3) is 0 Å². The smallest absolute Gasteiger partial charge is 0.306 e. The number of quaternary nitrogens is 1. The quantitative estimate of drug-likeness (QED) is 0.0164. The summed E-state index contributed by atoms with van der Waals surface area (Å²) in [5, 5.41) is 9.88. The molecule has 0 aliphatic carbocycles. The maximum Gasteiger partial charge on any atom is 0.306 e. The fraction of sp³-hybridized carbons (Fsp3) is 0.609. The number of aliphatic hydroxyl groups is 1. The third-order valence-electron chi connectivity index (χ3n) is 8.18. The molecule has 0 bridgehead atoms. The fourth-order valence-electron chi connectivity index (χ4n) is 4.90. The van der Waals surface area contributed by atoms with E-state index in [4.69, 9.17) is 18.5 Å². The van der Waals surface area contributed by atoms with Crippen LogP contribution in [0.3, 0.4) is 0 Å². The third kappa shape index (κ3) is 40.9. The molecule has 0 radical (unpaired) electrons. The molecule has 10 nitrogen and oxygen atoms in total. The Balaban J connectivity index is 4.57. The third-order valence-corrected chi connectivity index (χ3v) is 9.14. The Hall–Kier alpha value is -3.11. The van der Waals surface area contributed by atoms with Gasteiger partial charge >= 0.3 is 11.9 Å². The van der Waals surface area contributed by atoms with Gasteiger partial charge in [0.1, 0.15) is 19.8 Å². The van der Waals surface area contributed by atoms with E-state index in [-0.39, 0.29) is 26.1 Å². The Kier molecular flexibility index (Phi) is 35.2. The minimum absolute atomic E-state index is 0.0592.